The number of fused-ring (bicyclic) bond motifs is 1. The zero-order chi connectivity index (χ0) is 16.4. The van der Waals surface area contributed by atoms with E-state index in [2.05, 4.69) is 11.4 Å². The lowest BCUT2D eigenvalue weighted by molar-refractivity contribution is -0.137. The van der Waals surface area contributed by atoms with Crippen LogP contribution in [0.1, 0.15) is 22.8 Å². The van der Waals surface area contributed by atoms with Gasteiger partial charge in [0, 0.05) is 12.5 Å². The molecule has 2 nitrogen and oxygen atoms in total. The Morgan fingerprint density at radius 1 is 1.08 bits per heavy atom. The van der Waals surface area contributed by atoms with Crippen LogP contribution >= 0.6 is 12.4 Å². The van der Waals surface area contributed by atoms with E-state index in [-0.39, 0.29) is 24.4 Å². The lowest BCUT2D eigenvalue weighted by Crippen LogP contribution is -2.25. The minimum Gasteiger partial charge on any atom is -0.485 e. The van der Waals surface area contributed by atoms with Crippen molar-refractivity contribution in [3.63, 3.8) is 0 Å². The summed E-state index contributed by atoms with van der Waals surface area (Å²) in [6.45, 7) is 0.792. The molecule has 130 valence electrons. The second-order valence-electron chi connectivity index (χ2n) is 5.78. The first-order valence-corrected chi connectivity index (χ1v) is 7.55. The fourth-order valence-corrected chi connectivity index (χ4v) is 3.11. The lowest BCUT2D eigenvalue weighted by Gasteiger charge is -2.22. The van der Waals surface area contributed by atoms with Crippen molar-refractivity contribution in [1.29, 1.82) is 0 Å². The van der Waals surface area contributed by atoms with Gasteiger partial charge in [0.1, 0.15) is 11.9 Å². The minimum absolute atomic E-state index is 0. The summed E-state index contributed by atoms with van der Waals surface area (Å²) in [6.07, 6.45) is -3.56. The number of hydrogen-bond acceptors (Lipinski definition) is 2. The third kappa shape index (κ3) is 3.84. The van der Waals surface area contributed by atoms with Gasteiger partial charge < -0.3 is 10.1 Å². The molecule has 0 radical (unpaired) electrons. The number of halogens is 4. The molecule has 2 aromatic rings. The number of ether oxygens (including phenoxy) is 1. The number of rotatable bonds is 4. The maximum absolute atomic E-state index is 12.6. The van der Waals surface area contributed by atoms with Gasteiger partial charge in [-0.3, -0.25) is 0 Å². The van der Waals surface area contributed by atoms with E-state index in [4.69, 9.17) is 4.74 Å². The molecule has 0 bridgehead atoms. The average Bonchev–Trinajstić information content (AvgIpc) is 2.85. The third-order valence-corrected chi connectivity index (χ3v) is 4.18. The summed E-state index contributed by atoms with van der Waals surface area (Å²) >= 11 is 0. The van der Waals surface area contributed by atoms with Crippen LogP contribution in [0.15, 0.2) is 48.5 Å². The number of hydrogen-bond donors (Lipinski definition) is 1. The molecule has 0 aliphatic heterocycles. The topological polar surface area (TPSA) is 21.3 Å². The highest BCUT2D eigenvalue weighted by Gasteiger charge is 2.34. The van der Waals surface area contributed by atoms with Gasteiger partial charge in [-0.1, -0.05) is 24.3 Å². The quantitative estimate of drug-likeness (QED) is 0.860. The Balaban J connectivity index is 0.00000208. The van der Waals surface area contributed by atoms with E-state index in [0.29, 0.717) is 5.75 Å². The van der Waals surface area contributed by atoms with E-state index in [1.54, 1.807) is 0 Å². The monoisotopic (exact) mass is 357 g/mol. The lowest BCUT2D eigenvalue weighted by atomic mass is 10.0. The Labute approximate surface area is 145 Å². The number of benzene rings is 2. The fourth-order valence-electron chi connectivity index (χ4n) is 3.11. The molecule has 1 N–H and O–H groups in total. The van der Waals surface area contributed by atoms with Crippen LogP contribution in [0.25, 0.3) is 0 Å². The van der Waals surface area contributed by atoms with Crippen LogP contribution in [-0.4, -0.2) is 13.6 Å². The molecule has 0 fully saturated rings. The van der Waals surface area contributed by atoms with Gasteiger partial charge in [-0.25, -0.2) is 0 Å². The molecular weight excluding hydrogens is 339 g/mol. The Morgan fingerprint density at radius 3 is 2.38 bits per heavy atom. The molecule has 1 aliphatic carbocycles. The Kier molecular flexibility index (Phi) is 5.78. The van der Waals surface area contributed by atoms with Crippen LogP contribution < -0.4 is 10.1 Å². The van der Waals surface area contributed by atoms with E-state index in [0.717, 1.165) is 30.7 Å². The van der Waals surface area contributed by atoms with Gasteiger partial charge in [0.25, 0.3) is 0 Å². The van der Waals surface area contributed by atoms with Crippen LogP contribution in [0, 0.1) is 5.92 Å². The fraction of sp³-hybridized carbons (Fsp3) is 0.333. The molecule has 2 aromatic carbocycles. The summed E-state index contributed by atoms with van der Waals surface area (Å²) in [7, 11) is 1.89. The van der Waals surface area contributed by atoms with Crippen molar-refractivity contribution in [2.45, 2.75) is 18.7 Å². The first-order valence-electron chi connectivity index (χ1n) is 7.55. The molecule has 2 atom stereocenters. The molecule has 0 unspecified atom stereocenters. The van der Waals surface area contributed by atoms with Crippen molar-refractivity contribution in [3.05, 3.63) is 65.2 Å². The smallest absolute Gasteiger partial charge is 0.416 e. The molecule has 24 heavy (non-hydrogen) atoms. The molecule has 0 aromatic heterocycles. The van der Waals surface area contributed by atoms with Crippen molar-refractivity contribution in [1.82, 2.24) is 5.32 Å². The standard InChI is InChI=1S/C18H18F3NO.ClH/c1-22-11-13-10-12-4-2-3-5-16(12)17(13)23-15-8-6-14(7-9-15)18(19,20)21;/h2-9,13,17,22H,10-11H2,1H3;1H/t13-,17+;/m1./s1. The molecule has 0 heterocycles. The Bertz CT molecular complexity index is 673. The molecule has 0 saturated heterocycles. The molecule has 6 heteroatoms. The van der Waals surface area contributed by atoms with E-state index in [1.165, 1.54) is 17.7 Å². The highest BCUT2D eigenvalue weighted by atomic mass is 35.5. The van der Waals surface area contributed by atoms with Crippen LogP contribution in [-0.2, 0) is 12.6 Å². The maximum Gasteiger partial charge on any atom is 0.416 e. The largest absolute Gasteiger partial charge is 0.485 e. The summed E-state index contributed by atoms with van der Waals surface area (Å²) in [4.78, 5) is 0. The van der Waals surface area contributed by atoms with Crippen LogP contribution in [0.5, 0.6) is 5.75 Å². The summed E-state index contributed by atoms with van der Waals surface area (Å²) in [5.74, 6) is 0.723. The molecule has 0 saturated carbocycles. The van der Waals surface area contributed by atoms with E-state index in [9.17, 15) is 13.2 Å². The SMILES string of the molecule is CNC[C@H]1Cc2ccccc2[C@H]1Oc1ccc(C(F)(F)F)cc1.Cl. The zero-order valence-corrected chi connectivity index (χ0v) is 14.0. The second-order valence-corrected chi connectivity index (χ2v) is 5.78. The zero-order valence-electron chi connectivity index (χ0n) is 13.1. The second kappa shape index (κ2) is 7.45. The molecule has 3 rings (SSSR count). The van der Waals surface area contributed by atoms with Gasteiger partial charge in [0.05, 0.1) is 5.56 Å². The van der Waals surface area contributed by atoms with Gasteiger partial charge >= 0.3 is 6.18 Å². The normalized spacial score (nSPS) is 19.5. The Hall–Kier alpha value is -1.72. The van der Waals surface area contributed by atoms with Crippen molar-refractivity contribution in [3.8, 4) is 5.75 Å². The van der Waals surface area contributed by atoms with Crippen LogP contribution in [0.3, 0.4) is 0 Å². The van der Waals surface area contributed by atoms with Crippen molar-refractivity contribution >= 4 is 12.4 Å². The van der Waals surface area contributed by atoms with Crippen LogP contribution in [0.2, 0.25) is 0 Å². The molecule has 0 spiro atoms. The average molecular weight is 358 g/mol. The molecule has 1 aliphatic rings. The summed E-state index contributed by atoms with van der Waals surface area (Å²) in [5.41, 5.74) is 1.70. The van der Waals surface area contributed by atoms with E-state index < -0.39 is 11.7 Å². The number of alkyl halides is 3. The summed E-state index contributed by atoms with van der Waals surface area (Å²) in [6, 6.07) is 13.0. The Morgan fingerprint density at radius 2 is 1.75 bits per heavy atom. The number of nitrogens with one attached hydrogen (secondary N) is 1. The maximum atomic E-state index is 12.6. The van der Waals surface area contributed by atoms with Crippen molar-refractivity contribution in [2.24, 2.45) is 5.92 Å². The first-order chi connectivity index (χ1) is 11.0. The summed E-state index contributed by atoms with van der Waals surface area (Å²) in [5, 5.41) is 3.16. The highest BCUT2D eigenvalue weighted by molar-refractivity contribution is 5.85. The van der Waals surface area contributed by atoms with Crippen molar-refractivity contribution < 1.29 is 17.9 Å². The summed E-state index contributed by atoms with van der Waals surface area (Å²) < 4.78 is 43.9. The predicted molar refractivity (Wildman–Crippen MR) is 89.6 cm³/mol. The predicted octanol–water partition coefficient (Wildman–Crippen LogP) is 4.64. The van der Waals surface area contributed by atoms with E-state index >= 15 is 0 Å². The van der Waals surface area contributed by atoms with E-state index in [1.807, 2.05) is 25.2 Å². The molecule has 0 amide bonds. The van der Waals surface area contributed by atoms with Gasteiger partial charge in [0.2, 0.25) is 0 Å². The first kappa shape index (κ1) is 18.6. The van der Waals surface area contributed by atoms with Gasteiger partial charge in [0.15, 0.2) is 0 Å². The van der Waals surface area contributed by atoms with Gasteiger partial charge in [-0.05, 0) is 48.9 Å². The van der Waals surface area contributed by atoms with Crippen LogP contribution in [0.4, 0.5) is 13.2 Å². The third-order valence-electron chi connectivity index (χ3n) is 4.18. The van der Waals surface area contributed by atoms with Crippen molar-refractivity contribution in [2.75, 3.05) is 13.6 Å². The van der Waals surface area contributed by atoms with Gasteiger partial charge in [-0.2, -0.15) is 13.2 Å². The molecular formula is C18H19ClF3NO. The van der Waals surface area contributed by atoms with Gasteiger partial charge in [-0.15, -0.1) is 12.4 Å². The highest BCUT2D eigenvalue weighted by Crippen LogP contribution is 2.39. The minimum atomic E-state index is -4.33.